The first-order chi connectivity index (χ1) is 20.2. The molecule has 2 aliphatic rings. The Morgan fingerprint density at radius 1 is 1.12 bits per heavy atom. The van der Waals surface area contributed by atoms with Crippen molar-refractivity contribution in [3.8, 4) is 11.1 Å². The molecule has 43 heavy (non-hydrogen) atoms. The van der Waals surface area contributed by atoms with Crippen molar-refractivity contribution < 1.29 is 19.0 Å². The first kappa shape index (κ1) is 31.4. The Labute approximate surface area is 259 Å². The van der Waals surface area contributed by atoms with Crippen LogP contribution in [0.5, 0.6) is 0 Å². The van der Waals surface area contributed by atoms with E-state index in [0.29, 0.717) is 5.56 Å². The predicted octanol–water partition coefficient (Wildman–Crippen LogP) is 7.98. The highest BCUT2D eigenvalue weighted by Gasteiger charge is 2.36. The number of benzene rings is 2. The smallest absolute Gasteiger partial charge is 0.337 e. The van der Waals surface area contributed by atoms with Gasteiger partial charge in [-0.25, -0.2) is 14.2 Å². The Morgan fingerprint density at radius 2 is 1.84 bits per heavy atom. The molecular weight excluding hydrogens is 565 g/mol. The van der Waals surface area contributed by atoms with Gasteiger partial charge in [-0.3, -0.25) is 4.90 Å². The zero-order valence-corrected chi connectivity index (χ0v) is 26.9. The van der Waals surface area contributed by atoms with E-state index in [-0.39, 0.29) is 16.4 Å². The van der Waals surface area contributed by atoms with E-state index in [1.165, 1.54) is 17.2 Å². The summed E-state index contributed by atoms with van der Waals surface area (Å²) in [6.45, 7) is 16.1. The van der Waals surface area contributed by atoms with Crippen LogP contribution in [0.1, 0.15) is 81.4 Å². The lowest BCUT2D eigenvalue weighted by atomic mass is 9.82. The summed E-state index contributed by atoms with van der Waals surface area (Å²) in [5, 5.41) is 10.5. The molecule has 2 aliphatic heterocycles. The molecule has 2 aromatic carbocycles. The SMILES string of the molecule is Cc1cc(F)ccc1CN1CCc2cc(-c3cnc(Cl)c(C(OC(C)(C)C)C(=O)O)c3N3CCC(C)(C)CC3)ccc2C1. The van der Waals surface area contributed by atoms with Gasteiger partial charge in [0, 0.05) is 44.5 Å². The molecule has 0 radical (unpaired) electrons. The number of carboxylic acids is 1. The minimum absolute atomic E-state index is 0.157. The van der Waals surface area contributed by atoms with E-state index in [2.05, 4.69) is 46.8 Å². The number of hydrogen-bond acceptors (Lipinski definition) is 5. The summed E-state index contributed by atoms with van der Waals surface area (Å²) in [4.78, 5) is 21.8. The molecule has 0 amide bonds. The Morgan fingerprint density at radius 3 is 2.49 bits per heavy atom. The summed E-state index contributed by atoms with van der Waals surface area (Å²) < 4.78 is 19.7. The van der Waals surface area contributed by atoms with Crippen molar-refractivity contribution in [2.24, 2.45) is 5.41 Å². The van der Waals surface area contributed by atoms with Gasteiger partial charge in [-0.05, 0) is 92.3 Å². The van der Waals surface area contributed by atoms with Gasteiger partial charge in [-0.15, -0.1) is 0 Å². The average Bonchev–Trinajstić information content (AvgIpc) is 2.92. The van der Waals surface area contributed by atoms with E-state index in [9.17, 15) is 14.3 Å². The fourth-order valence-corrected chi connectivity index (χ4v) is 6.43. The van der Waals surface area contributed by atoms with Crippen molar-refractivity contribution in [2.45, 2.75) is 85.6 Å². The molecule has 0 saturated carbocycles. The van der Waals surface area contributed by atoms with Gasteiger partial charge in [0.05, 0.1) is 16.9 Å². The normalized spacial score (nSPS) is 17.9. The largest absolute Gasteiger partial charge is 0.479 e. The first-order valence-electron chi connectivity index (χ1n) is 15.1. The molecule has 0 aliphatic carbocycles. The number of pyridine rings is 1. The average molecular weight is 608 g/mol. The number of aryl methyl sites for hydroxylation is 1. The number of carbonyl (C=O) groups is 1. The molecule has 3 aromatic rings. The van der Waals surface area contributed by atoms with Crippen molar-refractivity contribution >= 4 is 23.3 Å². The molecule has 1 N–H and O–H groups in total. The molecule has 230 valence electrons. The molecule has 0 spiro atoms. The Kier molecular flexibility index (Phi) is 8.90. The van der Waals surface area contributed by atoms with E-state index >= 15 is 0 Å². The highest BCUT2D eigenvalue weighted by molar-refractivity contribution is 6.31. The van der Waals surface area contributed by atoms with Crippen LogP contribution >= 0.6 is 11.6 Å². The van der Waals surface area contributed by atoms with Crippen LogP contribution in [-0.4, -0.2) is 46.2 Å². The number of carboxylic acid groups (broad SMARTS) is 1. The van der Waals surface area contributed by atoms with Crippen molar-refractivity contribution in [1.29, 1.82) is 0 Å². The lowest BCUT2D eigenvalue weighted by Gasteiger charge is -2.40. The Balaban J connectivity index is 1.52. The maximum Gasteiger partial charge on any atom is 0.337 e. The lowest BCUT2D eigenvalue weighted by molar-refractivity contribution is -0.160. The van der Waals surface area contributed by atoms with Crippen LogP contribution in [0.3, 0.4) is 0 Å². The van der Waals surface area contributed by atoms with E-state index in [1.807, 2.05) is 33.8 Å². The minimum Gasteiger partial charge on any atom is -0.479 e. The van der Waals surface area contributed by atoms with Crippen molar-refractivity contribution in [2.75, 3.05) is 24.5 Å². The number of ether oxygens (including phenoxy) is 1. The molecule has 3 heterocycles. The second kappa shape index (κ2) is 12.2. The Hall–Kier alpha value is -3.00. The van der Waals surface area contributed by atoms with Gasteiger partial charge in [-0.2, -0.15) is 0 Å². The summed E-state index contributed by atoms with van der Waals surface area (Å²) in [7, 11) is 0. The number of rotatable bonds is 7. The highest BCUT2D eigenvalue weighted by atomic mass is 35.5. The van der Waals surface area contributed by atoms with Crippen molar-refractivity contribution in [1.82, 2.24) is 9.88 Å². The first-order valence-corrected chi connectivity index (χ1v) is 15.5. The van der Waals surface area contributed by atoms with E-state index in [1.54, 1.807) is 12.3 Å². The number of anilines is 1. The third-order valence-corrected chi connectivity index (χ3v) is 9.04. The van der Waals surface area contributed by atoms with Gasteiger partial charge >= 0.3 is 5.97 Å². The number of hydrogen-bond donors (Lipinski definition) is 1. The molecule has 1 fully saturated rings. The van der Waals surface area contributed by atoms with Crippen molar-refractivity contribution in [3.63, 3.8) is 0 Å². The fraction of sp³-hybridized carbons (Fsp3) is 0.486. The zero-order chi connectivity index (χ0) is 31.1. The third kappa shape index (κ3) is 7.22. The molecule has 1 aromatic heterocycles. The van der Waals surface area contributed by atoms with Gasteiger partial charge in [0.25, 0.3) is 0 Å². The maximum absolute atomic E-state index is 13.6. The van der Waals surface area contributed by atoms with Crippen LogP contribution in [0.15, 0.2) is 42.6 Å². The fourth-order valence-electron chi connectivity index (χ4n) is 6.19. The number of piperidine rings is 1. The topological polar surface area (TPSA) is 65.9 Å². The highest BCUT2D eigenvalue weighted by Crippen LogP contribution is 2.45. The minimum atomic E-state index is -1.26. The zero-order valence-electron chi connectivity index (χ0n) is 26.1. The summed E-state index contributed by atoms with van der Waals surface area (Å²) in [6.07, 6.45) is 3.38. The standard InChI is InChI=1S/C35H43ClFN3O3/c1-22-17-27(37)10-9-25(22)20-39-14-11-23-18-24(7-8-26(23)21-39)28-19-38-32(36)29(31(33(41)42)43-34(2,3)4)30(28)40-15-12-35(5,6)13-16-40/h7-10,17-19,31H,11-16,20-21H2,1-6H3,(H,41,42). The van der Waals surface area contributed by atoms with Gasteiger partial charge in [0.1, 0.15) is 11.0 Å². The van der Waals surface area contributed by atoms with Crippen molar-refractivity contribution in [3.05, 3.63) is 81.4 Å². The van der Waals surface area contributed by atoms with Crippen LogP contribution in [0.2, 0.25) is 5.15 Å². The van der Waals surface area contributed by atoms with Gasteiger partial charge in [0.15, 0.2) is 6.10 Å². The molecule has 5 rings (SSSR count). The summed E-state index contributed by atoms with van der Waals surface area (Å²) in [5.74, 6) is -1.29. The molecule has 0 bridgehead atoms. The molecule has 6 nitrogen and oxygen atoms in total. The second-order valence-corrected chi connectivity index (χ2v) is 14.2. The number of halogens is 2. The van der Waals surface area contributed by atoms with Gasteiger partial charge in [-0.1, -0.05) is 49.7 Å². The van der Waals surface area contributed by atoms with E-state index in [4.69, 9.17) is 16.3 Å². The van der Waals surface area contributed by atoms with Crippen LogP contribution in [-0.2, 0) is 29.0 Å². The monoisotopic (exact) mass is 607 g/mol. The number of fused-ring (bicyclic) bond motifs is 1. The predicted molar refractivity (Wildman–Crippen MR) is 170 cm³/mol. The molecule has 1 saturated heterocycles. The van der Waals surface area contributed by atoms with Crippen LogP contribution in [0.4, 0.5) is 10.1 Å². The summed E-state index contributed by atoms with van der Waals surface area (Å²) in [6, 6.07) is 11.5. The second-order valence-electron chi connectivity index (χ2n) is 13.8. The van der Waals surface area contributed by atoms with Crippen LogP contribution in [0, 0.1) is 18.2 Å². The number of aromatic nitrogens is 1. The quantitative estimate of drug-likeness (QED) is 0.275. The summed E-state index contributed by atoms with van der Waals surface area (Å²) >= 11 is 6.74. The van der Waals surface area contributed by atoms with Gasteiger partial charge in [0.2, 0.25) is 0 Å². The summed E-state index contributed by atoms with van der Waals surface area (Å²) in [5.41, 5.74) is 7.24. The molecule has 1 atom stereocenters. The Bertz CT molecular complexity index is 1510. The van der Waals surface area contributed by atoms with Gasteiger partial charge < -0.3 is 14.7 Å². The van der Waals surface area contributed by atoms with Crippen LogP contribution in [0.25, 0.3) is 11.1 Å². The maximum atomic E-state index is 13.6. The number of aliphatic carboxylic acids is 1. The van der Waals surface area contributed by atoms with Crippen LogP contribution < -0.4 is 4.90 Å². The van der Waals surface area contributed by atoms with E-state index in [0.717, 1.165) is 79.9 Å². The lowest BCUT2D eigenvalue weighted by Crippen LogP contribution is -2.39. The third-order valence-electron chi connectivity index (χ3n) is 8.74. The number of nitrogens with zero attached hydrogens (tertiary/aromatic N) is 3. The molecule has 8 heteroatoms. The molecule has 1 unspecified atom stereocenters. The van der Waals surface area contributed by atoms with E-state index < -0.39 is 17.7 Å². The molecular formula is C35H43ClFN3O3.